The molecule has 1 heterocycles. The number of benzene rings is 1. The van der Waals surface area contributed by atoms with Gasteiger partial charge in [0.25, 0.3) is 0 Å². The number of ether oxygens (including phenoxy) is 2. The lowest BCUT2D eigenvalue weighted by molar-refractivity contribution is -0.148. The third-order valence-electron chi connectivity index (χ3n) is 4.28. The Bertz CT molecular complexity index is 734. The Morgan fingerprint density at radius 1 is 1.24 bits per heavy atom. The van der Waals surface area contributed by atoms with Crippen LogP contribution in [0.3, 0.4) is 0 Å². The lowest BCUT2D eigenvalue weighted by Gasteiger charge is -2.32. The maximum Gasteiger partial charge on any atom is 0.410 e. The summed E-state index contributed by atoms with van der Waals surface area (Å²) in [4.78, 5) is 28.9. The van der Waals surface area contributed by atoms with Crippen LogP contribution < -0.4 is 10.5 Å². The Balaban J connectivity index is 1.87. The van der Waals surface area contributed by atoms with Crippen LogP contribution in [0.2, 0.25) is 0 Å². The van der Waals surface area contributed by atoms with Crippen molar-refractivity contribution in [3.8, 4) is 5.75 Å². The minimum atomic E-state index is -1.58. The summed E-state index contributed by atoms with van der Waals surface area (Å²) in [5.41, 5.74) is 6.30. The van der Waals surface area contributed by atoms with E-state index in [-0.39, 0.29) is 18.7 Å². The van der Waals surface area contributed by atoms with Gasteiger partial charge in [-0.15, -0.1) is 0 Å². The number of carbonyl (C=O) groups is 2. The number of hydrogen-bond donors (Lipinski definition) is 3. The van der Waals surface area contributed by atoms with Crippen molar-refractivity contribution in [2.45, 2.75) is 51.4 Å². The topological polar surface area (TPSA) is 135 Å². The fraction of sp³-hybridized carbons (Fsp3) is 0.550. The Morgan fingerprint density at radius 3 is 2.34 bits per heavy atom. The predicted octanol–water partition coefficient (Wildman–Crippen LogP) is 1.62. The summed E-state index contributed by atoms with van der Waals surface area (Å²) in [6, 6.07) is 6.73. The van der Waals surface area contributed by atoms with E-state index >= 15 is 0 Å². The fourth-order valence-corrected chi connectivity index (χ4v) is 2.74. The maximum absolute atomic E-state index is 12.1. The number of amidine groups is 1. The summed E-state index contributed by atoms with van der Waals surface area (Å²) in [6.45, 7) is 6.31. The Hall–Kier alpha value is -2.81. The van der Waals surface area contributed by atoms with E-state index < -0.39 is 17.7 Å². The zero-order valence-electron chi connectivity index (χ0n) is 17.0. The number of aliphatic hydroxyl groups is 1. The number of piperidine rings is 1. The average Bonchev–Trinajstić information content (AvgIpc) is 2.65. The smallest absolute Gasteiger partial charge is 0.410 e. The van der Waals surface area contributed by atoms with Gasteiger partial charge in [0.2, 0.25) is 0 Å². The second kappa shape index (κ2) is 9.60. The fourth-order valence-electron chi connectivity index (χ4n) is 2.74. The van der Waals surface area contributed by atoms with Gasteiger partial charge in [0.15, 0.2) is 6.10 Å². The number of carboxylic acid groups (broad SMARTS) is 1. The molecule has 0 aromatic heterocycles. The van der Waals surface area contributed by atoms with Crippen LogP contribution in [0.15, 0.2) is 29.3 Å². The molecule has 29 heavy (non-hydrogen) atoms. The van der Waals surface area contributed by atoms with Crippen LogP contribution in [-0.4, -0.2) is 70.5 Å². The van der Waals surface area contributed by atoms with E-state index in [1.54, 1.807) is 29.2 Å². The molecule has 1 fully saturated rings. The quantitative estimate of drug-likeness (QED) is 0.482. The van der Waals surface area contributed by atoms with Crippen LogP contribution in [0, 0.1) is 0 Å². The molecule has 4 N–H and O–H groups in total. The molecule has 0 saturated carbocycles. The van der Waals surface area contributed by atoms with Crippen LogP contribution in [0.25, 0.3) is 0 Å². The summed E-state index contributed by atoms with van der Waals surface area (Å²) in [6.07, 6.45) is -0.480. The molecule has 0 bridgehead atoms. The Labute approximate surface area is 170 Å². The summed E-state index contributed by atoms with van der Waals surface area (Å²) < 4.78 is 10.6. The van der Waals surface area contributed by atoms with Crippen LogP contribution in [0.4, 0.5) is 4.79 Å². The second-order valence-corrected chi connectivity index (χ2v) is 7.90. The van der Waals surface area contributed by atoms with Crippen LogP contribution in [0.1, 0.15) is 39.2 Å². The molecule has 1 aliphatic rings. The van der Waals surface area contributed by atoms with E-state index in [0.717, 1.165) is 0 Å². The largest absolute Gasteiger partial charge is 0.490 e. The number of likely N-dealkylation sites (tertiary alicyclic amines) is 1. The van der Waals surface area contributed by atoms with Crippen molar-refractivity contribution in [1.29, 1.82) is 0 Å². The number of rotatable bonds is 6. The zero-order chi connectivity index (χ0) is 21.6. The molecule has 1 aromatic carbocycles. The standard InChI is InChI=1S/C20H29N3O6/c1-20(2,3)29-19(27)23-10-8-14(9-11-23)22-17(21)13-4-6-15(7-5-13)28-12-16(24)18(25)26/h4-7,14,16,24H,8-12H2,1-3H3,(H2,21,22)(H,25,26)/t16-/m1/s1. The second-order valence-electron chi connectivity index (χ2n) is 7.90. The van der Waals surface area contributed by atoms with E-state index in [9.17, 15) is 14.7 Å². The molecule has 0 aliphatic carbocycles. The van der Waals surface area contributed by atoms with Gasteiger partial charge in [0.05, 0.1) is 6.04 Å². The average molecular weight is 407 g/mol. The van der Waals surface area contributed by atoms with Crippen molar-refractivity contribution in [1.82, 2.24) is 4.90 Å². The first-order valence-corrected chi connectivity index (χ1v) is 9.50. The maximum atomic E-state index is 12.1. The molecule has 1 aromatic rings. The molecule has 1 saturated heterocycles. The van der Waals surface area contributed by atoms with Crippen molar-refractivity contribution < 1.29 is 29.3 Å². The molecule has 9 heteroatoms. The Morgan fingerprint density at radius 2 is 1.83 bits per heavy atom. The van der Waals surface area contributed by atoms with Crippen molar-refractivity contribution in [2.75, 3.05) is 19.7 Å². The number of carbonyl (C=O) groups excluding carboxylic acids is 1. The van der Waals surface area contributed by atoms with Crippen LogP contribution >= 0.6 is 0 Å². The van der Waals surface area contributed by atoms with Gasteiger partial charge in [-0.25, -0.2) is 9.59 Å². The lowest BCUT2D eigenvalue weighted by atomic mass is 10.1. The van der Waals surface area contributed by atoms with E-state index in [4.69, 9.17) is 20.3 Å². The highest BCUT2D eigenvalue weighted by Gasteiger charge is 2.26. The first-order chi connectivity index (χ1) is 13.5. The number of aliphatic carboxylic acids is 1. The summed E-state index contributed by atoms with van der Waals surface area (Å²) in [5.74, 6) is -0.527. The number of aliphatic hydroxyl groups excluding tert-OH is 1. The number of amides is 1. The number of hydrogen-bond acceptors (Lipinski definition) is 6. The molecule has 1 atom stereocenters. The highest BCUT2D eigenvalue weighted by Crippen LogP contribution is 2.18. The normalized spacial score (nSPS) is 17.0. The van der Waals surface area contributed by atoms with Gasteiger partial charge >= 0.3 is 12.1 Å². The molecular formula is C20H29N3O6. The van der Waals surface area contributed by atoms with Gasteiger partial charge in [0, 0.05) is 18.7 Å². The molecule has 0 unspecified atom stereocenters. The predicted molar refractivity (Wildman–Crippen MR) is 107 cm³/mol. The van der Waals surface area contributed by atoms with Crippen molar-refractivity contribution in [3.63, 3.8) is 0 Å². The van der Waals surface area contributed by atoms with Crippen molar-refractivity contribution in [2.24, 2.45) is 10.7 Å². The van der Waals surface area contributed by atoms with Crippen molar-refractivity contribution >= 4 is 17.9 Å². The molecule has 0 spiro atoms. The first-order valence-electron chi connectivity index (χ1n) is 9.50. The zero-order valence-corrected chi connectivity index (χ0v) is 17.0. The third-order valence-corrected chi connectivity index (χ3v) is 4.28. The van der Waals surface area contributed by atoms with E-state index in [1.807, 2.05) is 20.8 Å². The highest BCUT2D eigenvalue weighted by molar-refractivity contribution is 5.97. The SMILES string of the molecule is CC(C)(C)OC(=O)N1CCC(N=C(N)c2ccc(OC[C@@H](O)C(=O)O)cc2)CC1. The molecule has 160 valence electrons. The van der Waals surface area contributed by atoms with Gasteiger partial charge in [-0.1, -0.05) is 0 Å². The van der Waals surface area contributed by atoms with Gasteiger partial charge < -0.3 is 30.3 Å². The van der Waals surface area contributed by atoms with Gasteiger partial charge in [-0.3, -0.25) is 4.99 Å². The van der Waals surface area contributed by atoms with Gasteiger partial charge in [0.1, 0.15) is 23.8 Å². The van der Waals surface area contributed by atoms with Crippen molar-refractivity contribution in [3.05, 3.63) is 29.8 Å². The number of aliphatic imine (C=N–C) groups is 1. The molecule has 0 radical (unpaired) electrons. The summed E-state index contributed by atoms with van der Waals surface area (Å²) in [5, 5.41) is 17.9. The van der Waals surface area contributed by atoms with E-state index in [2.05, 4.69) is 4.99 Å². The Kier molecular flexibility index (Phi) is 7.44. The molecule has 2 rings (SSSR count). The molecular weight excluding hydrogens is 378 g/mol. The number of carboxylic acids is 1. The van der Waals surface area contributed by atoms with E-state index in [0.29, 0.717) is 43.1 Å². The monoisotopic (exact) mass is 407 g/mol. The van der Waals surface area contributed by atoms with Crippen LogP contribution in [0.5, 0.6) is 5.75 Å². The van der Waals surface area contributed by atoms with E-state index in [1.165, 1.54) is 0 Å². The number of nitrogens with two attached hydrogens (primary N) is 1. The third kappa shape index (κ3) is 7.26. The number of nitrogens with zero attached hydrogens (tertiary/aromatic N) is 2. The van der Waals surface area contributed by atoms with Crippen LogP contribution in [-0.2, 0) is 9.53 Å². The first kappa shape index (κ1) is 22.5. The van der Waals surface area contributed by atoms with Gasteiger partial charge in [-0.2, -0.15) is 0 Å². The minimum Gasteiger partial charge on any atom is -0.490 e. The summed E-state index contributed by atoms with van der Waals surface area (Å²) in [7, 11) is 0. The molecule has 1 aliphatic heterocycles. The highest BCUT2D eigenvalue weighted by atomic mass is 16.6. The minimum absolute atomic E-state index is 0.0235. The molecule has 1 amide bonds. The van der Waals surface area contributed by atoms with Gasteiger partial charge in [-0.05, 0) is 57.9 Å². The molecule has 9 nitrogen and oxygen atoms in total. The lowest BCUT2D eigenvalue weighted by Crippen LogP contribution is -2.42. The summed E-state index contributed by atoms with van der Waals surface area (Å²) >= 11 is 0.